The van der Waals surface area contributed by atoms with Crippen molar-refractivity contribution in [3.63, 3.8) is 0 Å². The predicted molar refractivity (Wildman–Crippen MR) is 78.9 cm³/mol. The lowest BCUT2D eigenvalue weighted by Gasteiger charge is -2.18. The minimum atomic E-state index is -2.13. The van der Waals surface area contributed by atoms with E-state index in [1.165, 1.54) is 0 Å². The Balaban J connectivity index is 2.76. The smallest absolute Gasteiger partial charge is 0.321 e. The van der Waals surface area contributed by atoms with E-state index in [9.17, 15) is 22.0 Å². The molecular weight excluding hydrogens is 335 g/mol. The Labute approximate surface area is 134 Å². The van der Waals surface area contributed by atoms with E-state index in [1.54, 1.807) is 6.92 Å². The van der Waals surface area contributed by atoms with Gasteiger partial charge < -0.3 is 8.85 Å². The van der Waals surface area contributed by atoms with Crippen molar-refractivity contribution in [3.05, 3.63) is 34.6 Å². The zero-order valence-corrected chi connectivity index (χ0v) is 14.6. The van der Waals surface area contributed by atoms with Gasteiger partial charge in [0.15, 0.2) is 23.3 Å². The maximum Gasteiger partial charge on any atom is 0.321 e. The van der Waals surface area contributed by atoms with Crippen LogP contribution in [0, 0.1) is 35.0 Å². The third-order valence-electron chi connectivity index (χ3n) is 3.45. The van der Waals surface area contributed by atoms with E-state index in [4.69, 9.17) is 8.85 Å². The summed E-state index contributed by atoms with van der Waals surface area (Å²) in [5.41, 5.74) is -0.764. The summed E-state index contributed by atoms with van der Waals surface area (Å²) in [5.74, 6) is -9.70. The molecule has 0 bridgehead atoms. The summed E-state index contributed by atoms with van der Waals surface area (Å²) in [6.07, 6.45) is 0.293. The quantitative estimate of drug-likeness (QED) is 0.285. The van der Waals surface area contributed by atoms with Crippen molar-refractivity contribution in [2.45, 2.75) is 39.7 Å². The maximum absolute atomic E-state index is 13.6. The average molecular weight is 356 g/mol. The summed E-state index contributed by atoms with van der Waals surface area (Å²) in [4.78, 5) is 0. The standard InChI is InChI=1S/C15H21F5O2Si/c1-4-21-23(22-5-2)7-6-9(3)8-10-11(16)13(18)15(20)14(19)12(10)17/h9,23H,4-8H2,1-3H3. The molecule has 1 aromatic rings. The molecular formula is C15H21F5O2Si. The van der Waals surface area contributed by atoms with Crippen LogP contribution in [0.2, 0.25) is 6.04 Å². The number of benzene rings is 1. The van der Waals surface area contributed by atoms with Crippen molar-refractivity contribution < 1.29 is 30.8 Å². The van der Waals surface area contributed by atoms with Crippen LogP contribution >= 0.6 is 0 Å². The molecule has 1 unspecified atom stereocenters. The summed E-state index contributed by atoms with van der Waals surface area (Å²) >= 11 is 0. The van der Waals surface area contributed by atoms with Crippen molar-refractivity contribution in [2.75, 3.05) is 13.2 Å². The zero-order valence-electron chi connectivity index (χ0n) is 13.4. The van der Waals surface area contributed by atoms with E-state index in [0.29, 0.717) is 25.7 Å². The molecule has 1 aromatic carbocycles. The van der Waals surface area contributed by atoms with Crippen LogP contribution in [0.4, 0.5) is 22.0 Å². The highest BCUT2D eigenvalue weighted by atomic mass is 28.3. The zero-order chi connectivity index (χ0) is 17.6. The van der Waals surface area contributed by atoms with Crippen molar-refractivity contribution in [2.24, 2.45) is 5.92 Å². The topological polar surface area (TPSA) is 18.5 Å². The first kappa shape index (κ1) is 20.1. The third kappa shape index (κ3) is 5.25. The number of hydrogen-bond donors (Lipinski definition) is 0. The highest BCUT2D eigenvalue weighted by Crippen LogP contribution is 2.26. The summed E-state index contributed by atoms with van der Waals surface area (Å²) < 4.78 is 77.6. The normalized spacial score (nSPS) is 12.9. The summed E-state index contributed by atoms with van der Waals surface area (Å²) in [6, 6.07) is 0.609. The first-order valence-corrected chi connectivity index (χ1v) is 9.32. The van der Waals surface area contributed by atoms with E-state index in [0.717, 1.165) is 0 Å². The molecule has 1 atom stereocenters. The lowest BCUT2D eigenvalue weighted by atomic mass is 9.97. The largest absolute Gasteiger partial charge is 0.397 e. The number of halogens is 5. The lowest BCUT2D eigenvalue weighted by Crippen LogP contribution is -2.23. The lowest BCUT2D eigenvalue weighted by molar-refractivity contribution is 0.211. The van der Waals surface area contributed by atoms with Crippen molar-refractivity contribution in [1.29, 1.82) is 0 Å². The third-order valence-corrected chi connectivity index (χ3v) is 5.67. The fraction of sp³-hybridized carbons (Fsp3) is 0.600. The van der Waals surface area contributed by atoms with Crippen LogP contribution in [0.15, 0.2) is 0 Å². The van der Waals surface area contributed by atoms with Gasteiger partial charge in [-0.15, -0.1) is 0 Å². The Bertz CT molecular complexity index is 492. The van der Waals surface area contributed by atoms with Crippen LogP contribution in [0.5, 0.6) is 0 Å². The molecule has 0 saturated heterocycles. The maximum atomic E-state index is 13.6. The van der Waals surface area contributed by atoms with Gasteiger partial charge in [-0.25, -0.2) is 22.0 Å². The summed E-state index contributed by atoms with van der Waals surface area (Å²) in [7, 11) is -1.85. The molecule has 0 aliphatic carbocycles. The summed E-state index contributed by atoms with van der Waals surface area (Å²) in [5, 5.41) is 0. The van der Waals surface area contributed by atoms with E-state index >= 15 is 0 Å². The minimum absolute atomic E-state index is 0.231. The molecule has 0 aromatic heterocycles. The molecule has 132 valence electrons. The fourth-order valence-electron chi connectivity index (χ4n) is 2.29. The molecule has 8 heteroatoms. The van der Waals surface area contributed by atoms with Gasteiger partial charge in [-0.3, -0.25) is 0 Å². The van der Waals surface area contributed by atoms with E-state index in [1.807, 2.05) is 13.8 Å². The van der Waals surface area contributed by atoms with Crippen LogP contribution in [-0.2, 0) is 15.3 Å². The molecule has 0 saturated carbocycles. The van der Waals surface area contributed by atoms with Crippen LogP contribution in [-0.4, -0.2) is 22.5 Å². The van der Waals surface area contributed by atoms with Gasteiger partial charge in [-0.1, -0.05) is 6.92 Å². The first-order valence-electron chi connectivity index (χ1n) is 7.56. The van der Waals surface area contributed by atoms with Gasteiger partial charge in [0.1, 0.15) is 0 Å². The van der Waals surface area contributed by atoms with Gasteiger partial charge >= 0.3 is 9.28 Å². The minimum Gasteiger partial charge on any atom is -0.397 e. The molecule has 0 fully saturated rings. The molecule has 0 radical (unpaired) electrons. The number of rotatable bonds is 9. The van der Waals surface area contributed by atoms with Crippen molar-refractivity contribution in [3.8, 4) is 0 Å². The van der Waals surface area contributed by atoms with E-state index in [-0.39, 0.29) is 12.3 Å². The Kier molecular flexibility index (Phi) is 8.14. The van der Waals surface area contributed by atoms with Gasteiger partial charge in [0.2, 0.25) is 5.82 Å². The number of hydrogen-bond acceptors (Lipinski definition) is 2. The molecule has 23 heavy (non-hydrogen) atoms. The second-order valence-electron chi connectivity index (χ2n) is 5.28. The molecule has 0 heterocycles. The molecule has 0 spiro atoms. The Morgan fingerprint density at radius 3 is 1.70 bits per heavy atom. The summed E-state index contributed by atoms with van der Waals surface area (Å²) in [6.45, 7) is 6.42. The van der Waals surface area contributed by atoms with Gasteiger partial charge in [0.05, 0.1) is 0 Å². The van der Waals surface area contributed by atoms with E-state index < -0.39 is 43.9 Å². The molecule has 0 amide bonds. The average Bonchev–Trinajstić information content (AvgIpc) is 2.53. The first-order chi connectivity index (χ1) is 10.8. The monoisotopic (exact) mass is 356 g/mol. The van der Waals surface area contributed by atoms with Gasteiger partial charge in [-0.2, -0.15) is 0 Å². The van der Waals surface area contributed by atoms with Crippen LogP contribution < -0.4 is 0 Å². The highest BCUT2D eigenvalue weighted by Gasteiger charge is 2.26. The van der Waals surface area contributed by atoms with Crippen molar-refractivity contribution in [1.82, 2.24) is 0 Å². The SMILES string of the molecule is CCO[SiH](CCC(C)Cc1c(F)c(F)c(F)c(F)c1F)OCC. The molecule has 2 nitrogen and oxygen atoms in total. The fourth-order valence-corrected chi connectivity index (χ4v) is 4.30. The van der Waals surface area contributed by atoms with Gasteiger partial charge in [0, 0.05) is 18.8 Å². The van der Waals surface area contributed by atoms with Crippen molar-refractivity contribution >= 4 is 9.28 Å². The van der Waals surface area contributed by atoms with Gasteiger partial charge in [-0.05, 0) is 38.7 Å². The molecule has 0 N–H and O–H groups in total. The molecule has 1 rings (SSSR count). The van der Waals surface area contributed by atoms with Gasteiger partial charge in [0.25, 0.3) is 0 Å². The van der Waals surface area contributed by atoms with Crippen LogP contribution in [0.25, 0.3) is 0 Å². The predicted octanol–water partition coefficient (Wildman–Crippen LogP) is 4.24. The highest BCUT2D eigenvalue weighted by molar-refractivity contribution is 6.44. The molecule has 0 aliphatic rings. The molecule has 0 aliphatic heterocycles. The van der Waals surface area contributed by atoms with Crippen LogP contribution in [0.1, 0.15) is 32.8 Å². The second-order valence-corrected chi connectivity index (χ2v) is 7.38. The van der Waals surface area contributed by atoms with Crippen LogP contribution in [0.3, 0.4) is 0 Å². The Morgan fingerprint density at radius 1 is 0.826 bits per heavy atom. The second kappa shape index (κ2) is 9.34. The Morgan fingerprint density at radius 2 is 1.26 bits per heavy atom. The van der Waals surface area contributed by atoms with E-state index in [2.05, 4.69) is 0 Å². The Hall–Kier alpha value is -0.993.